The van der Waals surface area contributed by atoms with Crippen LogP contribution < -0.4 is 20.2 Å². The third-order valence-electron chi connectivity index (χ3n) is 4.82. The second-order valence-electron chi connectivity index (χ2n) is 7.31. The van der Waals surface area contributed by atoms with Crippen LogP contribution in [0.1, 0.15) is 23.6 Å². The van der Waals surface area contributed by atoms with Crippen molar-refractivity contribution in [2.45, 2.75) is 19.7 Å². The standard InChI is InChI=1S/C25H22F3N3O4/c1-16(18-8-13-21(22(14-18)34-2)35-15-17-6-4-3-5-7-17)30-31-24(33)23(32)29-20-11-9-19(10-12-20)25(26,27)28/h3-14H,15H2,1-2H3,(H,29,32)(H,31,33)/b30-16+. The van der Waals surface area contributed by atoms with E-state index in [4.69, 9.17) is 9.47 Å². The van der Waals surface area contributed by atoms with Crippen LogP contribution in [0.4, 0.5) is 18.9 Å². The molecule has 0 saturated heterocycles. The van der Waals surface area contributed by atoms with Crippen molar-refractivity contribution in [3.63, 3.8) is 0 Å². The van der Waals surface area contributed by atoms with Gasteiger partial charge in [-0.25, -0.2) is 5.43 Å². The van der Waals surface area contributed by atoms with E-state index in [1.54, 1.807) is 25.1 Å². The molecule has 7 nitrogen and oxygen atoms in total. The summed E-state index contributed by atoms with van der Waals surface area (Å²) in [7, 11) is 1.49. The number of hydrazone groups is 1. The zero-order chi connectivity index (χ0) is 25.4. The van der Waals surface area contributed by atoms with Gasteiger partial charge in [0.2, 0.25) is 0 Å². The molecule has 0 spiro atoms. The predicted octanol–water partition coefficient (Wildman–Crippen LogP) is 4.77. The van der Waals surface area contributed by atoms with Gasteiger partial charge in [-0.05, 0) is 55.0 Å². The zero-order valence-corrected chi connectivity index (χ0v) is 18.8. The van der Waals surface area contributed by atoms with Gasteiger partial charge in [-0.2, -0.15) is 18.3 Å². The average Bonchev–Trinajstić information content (AvgIpc) is 2.86. The lowest BCUT2D eigenvalue weighted by atomic mass is 10.1. The Balaban J connectivity index is 1.60. The van der Waals surface area contributed by atoms with E-state index in [-0.39, 0.29) is 5.69 Å². The van der Waals surface area contributed by atoms with Crippen LogP contribution in [0.2, 0.25) is 0 Å². The van der Waals surface area contributed by atoms with Crippen LogP contribution in [0.25, 0.3) is 0 Å². The molecule has 182 valence electrons. The summed E-state index contributed by atoms with van der Waals surface area (Å²) in [5.41, 5.74) is 3.27. The van der Waals surface area contributed by atoms with Crippen LogP contribution >= 0.6 is 0 Å². The van der Waals surface area contributed by atoms with Crippen molar-refractivity contribution in [2.75, 3.05) is 12.4 Å². The van der Waals surface area contributed by atoms with Gasteiger partial charge >= 0.3 is 18.0 Å². The number of hydrogen-bond acceptors (Lipinski definition) is 5. The Morgan fingerprint density at radius 2 is 1.60 bits per heavy atom. The first kappa shape index (κ1) is 25.3. The zero-order valence-electron chi connectivity index (χ0n) is 18.8. The molecule has 0 aromatic heterocycles. The maximum atomic E-state index is 12.6. The van der Waals surface area contributed by atoms with Gasteiger partial charge in [0.25, 0.3) is 0 Å². The quantitative estimate of drug-likeness (QED) is 0.287. The molecule has 0 bridgehead atoms. The van der Waals surface area contributed by atoms with Crippen molar-refractivity contribution in [3.05, 3.63) is 89.5 Å². The third kappa shape index (κ3) is 7.07. The van der Waals surface area contributed by atoms with E-state index in [9.17, 15) is 22.8 Å². The highest BCUT2D eigenvalue weighted by Gasteiger charge is 2.30. The van der Waals surface area contributed by atoms with E-state index < -0.39 is 23.6 Å². The lowest BCUT2D eigenvalue weighted by Crippen LogP contribution is -2.33. The molecule has 0 radical (unpaired) electrons. The van der Waals surface area contributed by atoms with Crippen molar-refractivity contribution in [2.24, 2.45) is 5.10 Å². The number of benzene rings is 3. The van der Waals surface area contributed by atoms with Gasteiger partial charge in [0, 0.05) is 11.3 Å². The molecule has 2 amide bonds. The molecule has 3 aromatic rings. The van der Waals surface area contributed by atoms with E-state index in [1.165, 1.54) is 7.11 Å². The number of hydrogen-bond donors (Lipinski definition) is 2. The summed E-state index contributed by atoms with van der Waals surface area (Å²) in [5, 5.41) is 6.13. The van der Waals surface area contributed by atoms with E-state index in [0.717, 1.165) is 29.8 Å². The van der Waals surface area contributed by atoms with Gasteiger partial charge in [0.05, 0.1) is 18.4 Å². The Morgan fingerprint density at radius 3 is 2.23 bits per heavy atom. The molecule has 0 saturated carbocycles. The molecule has 0 unspecified atom stereocenters. The number of carbonyl (C=O) groups is 2. The lowest BCUT2D eigenvalue weighted by Gasteiger charge is -2.12. The number of nitrogens with zero attached hydrogens (tertiary/aromatic N) is 1. The Morgan fingerprint density at radius 1 is 0.914 bits per heavy atom. The molecule has 0 aliphatic rings. The molecule has 10 heteroatoms. The minimum absolute atomic E-state index is 0.0367. The van der Waals surface area contributed by atoms with E-state index >= 15 is 0 Å². The van der Waals surface area contributed by atoms with Crippen LogP contribution in [0, 0.1) is 0 Å². The van der Waals surface area contributed by atoms with Crippen LogP contribution in [-0.4, -0.2) is 24.6 Å². The van der Waals surface area contributed by atoms with Gasteiger partial charge in [-0.15, -0.1) is 0 Å². The van der Waals surface area contributed by atoms with Crippen LogP contribution in [0.5, 0.6) is 11.5 Å². The van der Waals surface area contributed by atoms with Gasteiger partial charge < -0.3 is 14.8 Å². The second kappa shape index (κ2) is 11.2. The van der Waals surface area contributed by atoms with Crippen LogP contribution in [-0.2, 0) is 22.4 Å². The molecule has 35 heavy (non-hydrogen) atoms. The summed E-state index contributed by atoms with van der Waals surface area (Å²) in [6, 6.07) is 18.4. The van der Waals surface area contributed by atoms with Crippen molar-refractivity contribution in [1.29, 1.82) is 0 Å². The summed E-state index contributed by atoms with van der Waals surface area (Å²) in [5.74, 6) is -1.19. The summed E-state index contributed by atoms with van der Waals surface area (Å²) < 4.78 is 49.1. The highest BCUT2D eigenvalue weighted by molar-refractivity contribution is 6.39. The minimum Gasteiger partial charge on any atom is -0.493 e. The fourth-order valence-electron chi connectivity index (χ4n) is 2.93. The average molecular weight is 485 g/mol. The smallest absolute Gasteiger partial charge is 0.416 e. The number of alkyl halides is 3. The minimum atomic E-state index is -4.50. The predicted molar refractivity (Wildman–Crippen MR) is 124 cm³/mol. The van der Waals surface area contributed by atoms with E-state index in [1.807, 2.05) is 30.3 Å². The number of amides is 2. The number of halogens is 3. The Hall–Kier alpha value is -4.34. The van der Waals surface area contributed by atoms with Crippen molar-refractivity contribution < 1.29 is 32.2 Å². The molecule has 3 aromatic carbocycles. The molecular formula is C25H22F3N3O4. The molecule has 0 atom stereocenters. The third-order valence-corrected chi connectivity index (χ3v) is 4.82. The van der Waals surface area contributed by atoms with Crippen molar-refractivity contribution >= 4 is 23.2 Å². The molecule has 0 aliphatic heterocycles. The topological polar surface area (TPSA) is 89.0 Å². The van der Waals surface area contributed by atoms with Crippen molar-refractivity contribution in [1.82, 2.24) is 5.43 Å². The maximum absolute atomic E-state index is 12.6. The number of nitrogens with one attached hydrogen (secondary N) is 2. The summed E-state index contributed by atoms with van der Waals surface area (Å²) in [6.45, 7) is 1.97. The first-order valence-corrected chi connectivity index (χ1v) is 10.4. The Labute approximate surface area is 199 Å². The fourth-order valence-corrected chi connectivity index (χ4v) is 2.93. The monoisotopic (exact) mass is 485 g/mol. The molecule has 0 aliphatic carbocycles. The maximum Gasteiger partial charge on any atom is 0.416 e. The normalized spacial score (nSPS) is 11.5. The first-order valence-electron chi connectivity index (χ1n) is 10.4. The van der Waals surface area contributed by atoms with Gasteiger partial charge in [-0.1, -0.05) is 30.3 Å². The van der Waals surface area contributed by atoms with Crippen LogP contribution in [0.15, 0.2) is 77.9 Å². The number of carbonyl (C=O) groups excluding carboxylic acids is 2. The SMILES string of the molecule is COc1cc(/C(C)=N/NC(=O)C(=O)Nc2ccc(C(F)(F)F)cc2)ccc1OCc1ccccc1. The molecule has 0 fully saturated rings. The fraction of sp³-hybridized carbons (Fsp3) is 0.160. The summed E-state index contributed by atoms with van der Waals surface area (Å²) in [6.07, 6.45) is -4.50. The van der Waals surface area contributed by atoms with Crippen LogP contribution in [0.3, 0.4) is 0 Å². The molecular weight excluding hydrogens is 463 g/mol. The number of methoxy groups -OCH3 is 1. The molecule has 2 N–H and O–H groups in total. The summed E-state index contributed by atoms with van der Waals surface area (Å²) in [4.78, 5) is 24.1. The van der Waals surface area contributed by atoms with E-state index in [0.29, 0.717) is 29.4 Å². The number of ether oxygens (including phenoxy) is 2. The Bertz CT molecular complexity index is 1210. The molecule has 0 heterocycles. The molecule has 3 rings (SSSR count). The second-order valence-corrected chi connectivity index (χ2v) is 7.31. The first-order chi connectivity index (χ1) is 16.7. The largest absolute Gasteiger partial charge is 0.493 e. The van der Waals surface area contributed by atoms with Crippen molar-refractivity contribution in [3.8, 4) is 11.5 Å². The Kier molecular flexibility index (Phi) is 8.08. The summed E-state index contributed by atoms with van der Waals surface area (Å²) >= 11 is 0. The highest BCUT2D eigenvalue weighted by Crippen LogP contribution is 2.30. The van der Waals surface area contributed by atoms with Gasteiger partial charge in [0.1, 0.15) is 6.61 Å². The van der Waals surface area contributed by atoms with Gasteiger partial charge in [0.15, 0.2) is 11.5 Å². The number of rotatable bonds is 7. The van der Waals surface area contributed by atoms with E-state index in [2.05, 4.69) is 15.8 Å². The number of anilines is 1. The highest BCUT2D eigenvalue weighted by atomic mass is 19.4. The lowest BCUT2D eigenvalue weighted by molar-refractivity contribution is -0.137. The van der Waals surface area contributed by atoms with Gasteiger partial charge in [-0.3, -0.25) is 9.59 Å².